The van der Waals surface area contributed by atoms with Crippen LogP contribution in [0.4, 0.5) is 5.82 Å². The van der Waals surface area contributed by atoms with Crippen LogP contribution in [0.5, 0.6) is 0 Å². The van der Waals surface area contributed by atoms with Crippen molar-refractivity contribution in [2.75, 3.05) is 18.0 Å². The first-order valence-corrected chi connectivity index (χ1v) is 13.6. The quantitative estimate of drug-likeness (QED) is 0.275. The van der Waals surface area contributed by atoms with Gasteiger partial charge in [0.15, 0.2) is 5.65 Å². The molecule has 2 aliphatic rings. The van der Waals surface area contributed by atoms with Crippen molar-refractivity contribution in [2.24, 2.45) is 11.1 Å². The standard InChI is InChI=1S/C25H22BrCl2N5S/c26-19-21-23(30-13-18(31-21)34-17-7-3-6-16(27)20(17)28)32-24(19)33-10-8-25(9-11-33)12-14-4-1-2-5-15(14)22(25)29/h1-7,13,22H,8-12,29H2,(H,30,32)/t22-/m1/s1. The van der Waals surface area contributed by atoms with Gasteiger partial charge in [-0.2, -0.15) is 0 Å². The fraction of sp³-hybridized carbons (Fsp3) is 0.280. The molecular weight excluding hydrogens is 553 g/mol. The lowest BCUT2D eigenvalue weighted by Gasteiger charge is -2.42. The number of piperidine rings is 1. The van der Waals surface area contributed by atoms with E-state index in [0.717, 1.165) is 63.7 Å². The van der Waals surface area contributed by atoms with Crippen LogP contribution in [-0.2, 0) is 6.42 Å². The van der Waals surface area contributed by atoms with Gasteiger partial charge in [0.2, 0.25) is 0 Å². The molecule has 1 fully saturated rings. The van der Waals surface area contributed by atoms with Crippen LogP contribution in [-0.4, -0.2) is 28.0 Å². The molecule has 2 aromatic heterocycles. The third-order valence-electron chi connectivity index (χ3n) is 7.20. The average Bonchev–Trinajstić information content (AvgIpc) is 3.32. The van der Waals surface area contributed by atoms with Crippen molar-refractivity contribution in [1.29, 1.82) is 0 Å². The van der Waals surface area contributed by atoms with Crippen LogP contribution in [0.15, 0.2) is 63.1 Å². The normalized spacial score (nSPS) is 19.2. The highest BCUT2D eigenvalue weighted by Crippen LogP contribution is 2.51. The predicted octanol–water partition coefficient (Wildman–Crippen LogP) is 7.02. The summed E-state index contributed by atoms with van der Waals surface area (Å²) in [5.74, 6) is 1.02. The number of fused-ring (bicyclic) bond motifs is 2. The fourth-order valence-corrected chi connectivity index (χ4v) is 7.23. The molecule has 3 heterocycles. The maximum atomic E-state index is 6.76. The molecule has 2 aromatic carbocycles. The Morgan fingerprint density at radius 2 is 1.91 bits per heavy atom. The van der Waals surface area contributed by atoms with E-state index in [0.29, 0.717) is 10.0 Å². The number of anilines is 1. The Hall–Kier alpha value is -1.77. The molecule has 1 spiro atoms. The summed E-state index contributed by atoms with van der Waals surface area (Å²) in [7, 11) is 0. The lowest BCUT2D eigenvalue weighted by Crippen LogP contribution is -2.44. The lowest BCUT2D eigenvalue weighted by atomic mass is 9.73. The zero-order chi connectivity index (χ0) is 23.4. The monoisotopic (exact) mass is 573 g/mol. The molecule has 0 saturated carbocycles. The number of rotatable bonds is 3. The second-order valence-corrected chi connectivity index (χ2v) is 11.7. The minimum Gasteiger partial charge on any atom is -0.357 e. The number of hydrogen-bond donors (Lipinski definition) is 2. The molecule has 4 aromatic rings. The highest BCUT2D eigenvalue weighted by Gasteiger charge is 2.46. The molecule has 1 atom stereocenters. The summed E-state index contributed by atoms with van der Waals surface area (Å²) in [4.78, 5) is 16.2. The van der Waals surface area contributed by atoms with Gasteiger partial charge in [-0.05, 0) is 63.9 Å². The van der Waals surface area contributed by atoms with Crippen molar-refractivity contribution in [3.63, 3.8) is 0 Å². The molecular formula is C25H22BrCl2N5S. The van der Waals surface area contributed by atoms with Crippen LogP contribution in [0.2, 0.25) is 10.0 Å². The molecule has 1 aliphatic carbocycles. The van der Waals surface area contributed by atoms with Gasteiger partial charge in [0.25, 0.3) is 0 Å². The van der Waals surface area contributed by atoms with E-state index in [1.54, 1.807) is 12.3 Å². The van der Waals surface area contributed by atoms with Gasteiger partial charge in [0, 0.05) is 24.0 Å². The maximum absolute atomic E-state index is 6.76. The van der Waals surface area contributed by atoms with Crippen molar-refractivity contribution in [2.45, 2.75) is 35.2 Å². The van der Waals surface area contributed by atoms with Crippen molar-refractivity contribution in [3.05, 3.63) is 74.3 Å². The first-order valence-electron chi connectivity index (χ1n) is 11.2. The summed E-state index contributed by atoms with van der Waals surface area (Å²) in [5.41, 5.74) is 11.2. The predicted molar refractivity (Wildman–Crippen MR) is 143 cm³/mol. The number of nitrogens with one attached hydrogen (secondary N) is 1. The molecule has 3 N–H and O–H groups in total. The minimum absolute atomic E-state index is 0.109. The molecule has 1 aliphatic heterocycles. The Bertz CT molecular complexity index is 1400. The van der Waals surface area contributed by atoms with E-state index in [-0.39, 0.29) is 11.5 Å². The number of halogens is 3. The van der Waals surface area contributed by atoms with Crippen LogP contribution in [0.25, 0.3) is 11.2 Å². The molecule has 0 bridgehead atoms. The summed E-state index contributed by atoms with van der Waals surface area (Å²) < 4.78 is 0.935. The molecule has 6 rings (SSSR count). The second-order valence-electron chi connectivity index (χ2n) is 9.05. The van der Waals surface area contributed by atoms with Gasteiger partial charge in [0.05, 0.1) is 20.7 Å². The Morgan fingerprint density at radius 3 is 2.71 bits per heavy atom. The molecule has 34 heavy (non-hydrogen) atoms. The third-order valence-corrected chi connectivity index (χ3v) is 9.85. The van der Waals surface area contributed by atoms with E-state index in [2.05, 4.69) is 55.1 Å². The summed E-state index contributed by atoms with van der Waals surface area (Å²) in [5, 5.41) is 1.81. The number of benzene rings is 2. The van der Waals surface area contributed by atoms with E-state index in [9.17, 15) is 0 Å². The third kappa shape index (κ3) is 3.73. The molecule has 1 saturated heterocycles. The summed E-state index contributed by atoms with van der Waals surface area (Å²) in [6.45, 7) is 1.87. The Morgan fingerprint density at radius 1 is 1.12 bits per heavy atom. The van der Waals surface area contributed by atoms with Crippen LogP contribution in [0.3, 0.4) is 0 Å². The number of hydrogen-bond acceptors (Lipinski definition) is 5. The van der Waals surface area contributed by atoms with E-state index in [1.807, 2.05) is 12.1 Å². The minimum atomic E-state index is 0.109. The van der Waals surface area contributed by atoms with Crippen LogP contribution in [0, 0.1) is 5.41 Å². The van der Waals surface area contributed by atoms with E-state index < -0.39 is 0 Å². The SMILES string of the molecule is N[C@@H]1c2ccccc2CC12CCN(c1[nH]c3ncc(Sc4cccc(Cl)c4Cl)nc3c1Br)CC2. The van der Waals surface area contributed by atoms with Crippen LogP contribution in [0.1, 0.15) is 30.0 Å². The van der Waals surface area contributed by atoms with Crippen molar-refractivity contribution in [3.8, 4) is 0 Å². The molecule has 174 valence electrons. The van der Waals surface area contributed by atoms with Gasteiger partial charge in [-0.25, -0.2) is 9.97 Å². The van der Waals surface area contributed by atoms with Gasteiger partial charge in [-0.15, -0.1) is 0 Å². The topological polar surface area (TPSA) is 70.8 Å². The number of aromatic amines is 1. The maximum Gasteiger partial charge on any atom is 0.158 e. The van der Waals surface area contributed by atoms with Gasteiger partial charge in [-0.3, -0.25) is 0 Å². The molecule has 9 heteroatoms. The molecule has 0 amide bonds. The highest BCUT2D eigenvalue weighted by atomic mass is 79.9. The summed E-state index contributed by atoms with van der Waals surface area (Å²) in [6.07, 6.45) is 4.94. The van der Waals surface area contributed by atoms with Crippen molar-refractivity contribution < 1.29 is 0 Å². The van der Waals surface area contributed by atoms with Crippen LogP contribution >= 0.6 is 50.9 Å². The Kier molecular flexibility index (Phi) is 5.81. The lowest BCUT2D eigenvalue weighted by molar-refractivity contribution is 0.187. The summed E-state index contributed by atoms with van der Waals surface area (Å²) >= 11 is 17.8. The smallest absolute Gasteiger partial charge is 0.158 e. The number of aromatic nitrogens is 3. The van der Waals surface area contributed by atoms with E-state index >= 15 is 0 Å². The average molecular weight is 575 g/mol. The van der Waals surface area contributed by atoms with E-state index in [4.69, 9.17) is 33.9 Å². The Labute approximate surface area is 220 Å². The summed E-state index contributed by atoms with van der Waals surface area (Å²) in [6, 6.07) is 14.3. The number of nitrogens with two attached hydrogens (primary N) is 1. The molecule has 5 nitrogen and oxygen atoms in total. The van der Waals surface area contributed by atoms with Gasteiger partial charge in [0.1, 0.15) is 16.4 Å². The molecule has 0 radical (unpaired) electrons. The zero-order valence-electron chi connectivity index (χ0n) is 18.2. The second kappa shape index (κ2) is 8.71. The largest absolute Gasteiger partial charge is 0.357 e. The van der Waals surface area contributed by atoms with Crippen LogP contribution < -0.4 is 10.6 Å². The highest BCUT2D eigenvalue weighted by molar-refractivity contribution is 9.10. The number of nitrogens with zero attached hydrogens (tertiary/aromatic N) is 3. The molecule has 0 unspecified atom stereocenters. The van der Waals surface area contributed by atoms with Gasteiger partial charge >= 0.3 is 0 Å². The first kappa shape index (κ1) is 22.7. The van der Waals surface area contributed by atoms with Gasteiger partial charge in [-0.1, -0.05) is 65.3 Å². The first-order chi connectivity index (χ1) is 16.4. The Balaban J connectivity index is 1.23. The van der Waals surface area contributed by atoms with Gasteiger partial charge < -0.3 is 15.6 Å². The zero-order valence-corrected chi connectivity index (χ0v) is 22.1. The fourth-order valence-electron chi connectivity index (χ4n) is 5.32. The van der Waals surface area contributed by atoms with E-state index in [1.165, 1.54) is 22.9 Å². The van der Waals surface area contributed by atoms with Crippen molar-refractivity contribution >= 4 is 67.9 Å². The van der Waals surface area contributed by atoms with Crippen molar-refractivity contribution in [1.82, 2.24) is 15.0 Å². The number of H-pyrrole nitrogens is 1.